The summed E-state index contributed by atoms with van der Waals surface area (Å²) < 4.78 is 13.0. The highest BCUT2D eigenvalue weighted by Gasteiger charge is 2.50. The molecule has 0 aromatic heterocycles. The second kappa shape index (κ2) is 13.9. The highest BCUT2D eigenvalue weighted by molar-refractivity contribution is 6.99. The number of benzene rings is 4. The first-order valence-corrected chi connectivity index (χ1v) is 18.7. The highest BCUT2D eigenvalue weighted by atomic mass is 28.4. The van der Waals surface area contributed by atoms with Crippen LogP contribution in [0.5, 0.6) is 0 Å². The van der Waals surface area contributed by atoms with Gasteiger partial charge in [-0.15, -0.1) is 0 Å². The minimum Gasteiger partial charge on any atom is -0.480 e. The number of nitrogens with zero attached hydrogens (tertiary/aromatic N) is 1. The summed E-state index contributed by atoms with van der Waals surface area (Å²) in [5.41, 5.74) is 4.58. The number of amides is 1. The Labute approximate surface area is 279 Å². The van der Waals surface area contributed by atoms with E-state index in [1.807, 2.05) is 36.4 Å². The van der Waals surface area contributed by atoms with Crippen LogP contribution < -0.4 is 10.4 Å². The van der Waals surface area contributed by atoms with Crippen LogP contribution in [0.3, 0.4) is 0 Å². The summed E-state index contributed by atoms with van der Waals surface area (Å²) in [4.78, 5) is 27.7. The van der Waals surface area contributed by atoms with Crippen LogP contribution in [0, 0.1) is 5.92 Å². The van der Waals surface area contributed by atoms with Gasteiger partial charge < -0.3 is 14.3 Å². The zero-order valence-electron chi connectivity index (χ0n) is 27.6. The fourth-order valence-corrected chi connectivity index (χ4v) is 12.5. The van der Waals surface area contributed by atoms with Gasteiger partial charge in [-0.1, -0.05) is 130 Å². The van der Waals surface area contributed by atoms with E-state index in [2.05, 4.69) is 93.6 Å². The maximum absolute atomic E-state index is 13.5. The number of carbonyl (C=O) groups is 2. The van der Waals surface area contributed by atoms with E-state index in [-0.39, 0.29) is 23.5 Å². The molecule has 6 nitrogen and oxygen atoms in total. The van der Waals surface area contributed by atoms with E-state index in [9.17, 15) is 14.7 Å². The van der Waals surface area contributed by atoms with Crippen LogP contribution in [0.4, 0.5) is 4.79 Å². The number of carboxylic acid groups (broad SMARTS) is 1. The molecule has 1 saturated heterocycles. The smallest absolute Gasteiger partial charge is 0.410 e. The maximum atomic E-state index is 13.5. The lowest BCUT2D eigenvalue weighted by Crippen LogP contribution is -2.66. The van der Waals surface area contributed by atoms with Gasteiger partial charge in [-0.05, 0) is 69.3 Å². The summed E-state index contributed by atoms with van der Waals surface area (Å²) in [6.45, 7) is 7.84. The molecular formula is C40H45NO5Si. The van der Waals surface area contributed by atoms with Crippen molar-refractivity contribution in [3.8, 4) is 11.1 Å². The second-order valence-corrected chi connectivity index (χ2v) is 18.1. The number of carbonyl (C=O) groups excluding carboxylic acids is 1. The molecule has 2 atom stereocenters. The summed E-state index contributed by atoms with van der Waals surface area (Å²) in [5, 5.41) is 12.7. The molecule has 47 heavy (non-hydrogen) atoms. The largest absolute Gasteiger partial charge is 0.480 e. The van der Waals surface area contributed by atoms with Crippen LogP contribution in [-0.2, 0) is 14.0 Å². The average molecular weight is 648 g/mol. The Morgan fingerprint density at radius 1 is 0.809 bits per heavy atom. The Balaban J connectivity index is 1.13. The predicted molar refractivity (Wildman–Crippen MR) is 189 cm³/mol. The molecule has 0 bridgehead atoms. The third-order valence-corrected chi connectivity index (χ3v) is 15.1. The Bertz CT molecular complexity index is 1600. The topological polar surface area (TPSA) is 76.1 Å². The van der Waals surface area contributed by atoms with E-state index in [0.29, 0.717) is 26.0 Å². The van der Waals surface area contributed by atoms with E-state index in [1.165, 1.54) is 15.3 Å². The average Bonchev–Trinajstić information content (AvgIpc) is 3.40. The molecule has 0 unspecified atom stereocenters. The molecule has 4 aromatic carbocycles. The minimum atomic E-state index is -2.68. The Morgan fingerprint density at radius 2 is 1.34 bits per heavy atom. The number of carboxylic acids is 1. The molecule has 1 heterocycles. The third-order valence-electron chi connectivity index (χ3n) is 10.0. The van der Waals surface area contributed by atoms with Gasteiger partial charge in [-0.25, -0.2) is 9.59 Å². The van der Waals surface area contributed by atoms with Gasteiger partial charge >= 0.3 is 12.1 Å². The van der Waals surface area contributed by atoms with Crippen LogP contribution in [0.2, 0.25) is 5.04 Å². The second-order valence-electron chi connectivity index (χ2n) is 13.8. The van der Waals surface area contributed by atoms with Gasteiger partial charge in [0.25, 0.3) is 8.32 Å². The number of piperidine rings is 1. The van der Waals surface area contributed by atoms with Crippen molar-refractivity contribution in [3.05, 3.63) is 120 Å². The third kappa shape index (κ3) is 6.39. The van der Waals surface area contributed by atoms with Crippen molar-refractivity contribution in [2.24, 2.45) is 5.92 Å². The Kier molecular flexibility index (Phi) is 9.66. The van der Waals surface area contributed by atoms with Gasteiger partial charge in [-0.3, -0.25) is 4.90 Å². The molecular weight excluding hydrogens is 603 g/mol. The Hall–Kier alpha value is -4.20. The summed E-state index contributed by atoms with van der Waals surface area (Å²) in [5.74, 6) is -1.23. The number of hydrogen-bond donors (Lipinski definition) is 1. The van der Waals surface area contributed by atoms with Gasteiger partial charge in [0, 0.05) is 19.1 Å². The molecule has 1 aliphatic carbocycles. The summed E-state index contributed by atoms with van der Waals surface area (Å²) in [6, 6.07) is 36.6. The first-order valence-electron chi connectivity index (χ1n) is 16.8. The van der Waals surface area contributed by atoms with E-state index in [4.69, 9.17) is 9.16 Å². The maximum Gasteiger partial charge on any atom is 0.410 e. The summed E-state index contributed by atoms with van der Waals surface area (Å²) in [7, 11) is -2.68. The number of ether oxygens (including phenoxy) is 1. The first-order chi connectivity index (χ1) is 22.7. The molecule has 0 spiro atoms. The number of likely N-dealkylation sites (tertiary alicyclic amines) is 1. The standard InChI is InChI=1S/C40H45NO5Si/c1-40(2,3)47(30-18-6-4-7-19-30,31-20-8-5-9-21-31)46-27-15-17-29-16-14-26-41(37(29)38(42)43)39(44)45-28-36-34-24-12-10-22-32(34)33-23-11-13-25-35(33)36/h4-13,18-25,29,36-37H,14-17,26-28H2,1-3H3,(H,42,43)/t29-,37-/m1/s1. The molecule has 0 radical (unpaired) electrons. The van der Waals surface area contributed by atoms with Gasteiger partial charge in [0.1, 0.15) is 12.6 Å². The zero-order chi connectivity index (χ0) is 33.0. The molecule has 1 amide bonds. The van der Waals surface area contributed by atoms with Crippen molar-refractivity contribution in [1.82, 2.24) is 4.90 Å². The fraction of sp³-hybridized carbons (Fsp3) is 0.350. The normalized spacial score (nSPS) is 18.0. The highest BCUT2D eigenvalue weighted by Crippen LogP contribution is 2.44. The van der Waals surface area contributed by atoms with Crippen LogP contribution in [0.25, 0.3) is 11.1 Å². The van der Waals surface area contributed by atoms with E-state index in [1.54, 1.807) is 0 Å². The first kappa shape index (κ1) is 32.7. The van der Waals surface area contributed by atoms with Crippen LogP contribution >= 0.6 is 0 Å². The molecule has 6 rings (SSSR count). The molecule has 4 aromatic rings. The Morgan fingerprint density at radius 3 is 1.87 bits per heavy atom. The molecule has 1 fully saturated rings. The monoisotopic (exact) mass is 647 g/mol. The zero-order valence-corrected chi connectivity index (χ0v) is 28.6. The number of hydrogen-bond acceptors (Lipinski definition) is 4. The molecule has 0 saturated carbocycles. The van der Waals surface area contributed by atoms with Crippen molar-refractivity contribution in [1.29, 1.82) is 0 Å². The van der Waals surface area contributed by atoms with Crippen molar-refractivity contribution in [3.63, 3.8) is 0 Å². The van der Waals surface area contributed by atoms with Crippen molar-refractivity contribution >= 4 is 30.8 Å². The lowest BCUT2D eigenvalue weighted by atomic mass is 9.86. The van der Waals surface area contributed by atoms with Gasteiger partial charge in [-0.2, -0.15) is 0 Å². The van der Waals surface area contributed by atoms with Crippen LogP contribution in [-0.4, -0.2) is 56.2 Å². The number of fused-ring (bicyclic) bond motifs is 3. The van der Waals surface area contributed by atoms with Crippen LogP contribution in [0.15, 0.2) is 109 Å². The molecule has 244 valence electrons. The quantitative estimate of drug-likeness (QED) is 0.143. The van der Waals surface area contributed by atoms with Crippen molar-refractivity contribution in [2.45, 2.75) is 63.5 Å². The van der Waals surface area contributed by atoms with E-state index >= 15 is 0 Å². The summed E-state index contributed by atoms with van der Waals surface area (Å²) in [6.07, 6.45) is 2.31. The van der Waals surface area contributed by atoms with Gasteiger partial charge in [0.2, 0.25) is 0 Å². The lowest BCUT2D eigenvalue weighted by molar-refractivity contribution is -0.146. The minimum absolute atomic E-state index is 0.0751. The summed E-state index contributed by atoms with van der Waals surface area (Å²) >= 11 is 0. The number of rotatable bonds is 10. The molecule has 1 N–H and O–H groups in total. The van der Waals surface area contributed by atoms with E-state index in [0.717, 1.165) is 35.1 Å². The lowest BCUT2D eigenvalue weighted by Gasteiger charge is -2.43. The van der Waals surface area contributed by atoms with Crippen molar-refractivity contribution < 1.29 is 23.9 Å². The predicted octanol–water partition coefficient (Wildman–Crippen LogP) is 7.46. The molecule has 2 aliphatic rings. The number of aliphatic carboxylic acids is 1. The van der Waals surface area contributed by atoms with Crippen LogP contribution in [0.1, 0.15) is 63.5 Å². The molecule has 7 heteroatoms. The fourth-order valence-electron chi connectivity index (χ4n) is 7.93. The van der Waals surface area contributed by atoms with Gasteiger partial charge in [0.15, 0.2) is 0 Å². The van der Waals surface area contributed by atoms with Crippen molar-refractivity contribution in [2.75, 3.05) is 19.8 Å². The van der Waals surface area contributed by atoms with Gasteiger partial charge in [0.05, 0.1) is 0 Å². The SMILES string of the molecule is CC(C)(C)[Si](OCCC[C@H]1CCCN(C(=O)OCC2c3ccccc3-c3ccccc32)[C@H]1C(=O)O)(c1ccccc1)c1ccccc1. The van der Waals surface area contributed by atoms with E-state index < -0.39 is 26.4 Å². The molecule has 1 aliphatic heterocycles.